The van der Waals surface area contributed by atoms with Gasteiger partial charge < -0.3 is 14.6 Å². The summed E-state index contributed by atoms with van der Waals surface area (Å²) < 4.78 is 59.4. The number of sulfone groups is 1. The first-order valence-corrected chi connectivity index (χ1v) is 17.0. The van der Waals surface area contributed by atoms with E-state index >= 15 is 0 Å². The molecule has 4 atom stereocenters. The molecule has 6 rings (SSSR count). The molecular weight excluding hydrogens is 562 g/mol. The third-order valence-corrected chi connectivity index (χ3v) is 11.3. The van der Waals surface area contributed by atoms with Crippen LogP contribution in [-0.4, -0.2) is 55.4 Å². The molecule has 2 heterocycles. The molecule has 2 aromatic rings. The fraction of sp³-hybridized carbons (Fsp3) is 0.645. The minimum absolute atomic E-state index is 0.0670. The van der Waals surface area contributed by atoms with Gasteiger partial charge in [0.15, 0.2) is 15.7 Å². The summed E-state index contributed by atoms with van der Waals surface area (Å²) in [6.07, 6.45) is 4.27. The van der Waals surface area contributed by atoms with Crippen molar-refractivity contribution in [3.05, 3.63) is 35.9 Å². The fourth-order valence-corrected chi connectivity index (χ4v) is 8.27. The Morgan fingerprint density at radius 3 is 2.50 bits per heavy atom. The first kappa shape index (κ1) is 29.1. The van der Waals surface area contributed by atoms with E-state index in [0.717, 1.165) is 24.1 Å². The highest BCUT2D eigenvalue weighted by molar-refractivity contribution is 7.91. The maximum atomic E-state index is 14.2. The molecule has 3 saturated carbocycles. The van der Waals surface area contributed by atoms with E-state index in [9.17, 15) is 27.3 Å². The van der Waals surface area contributed by atoms with Gasteiger partial charge in [-0.15, -0.1) is 0 Å². The summed E-state index contributed by atoms with van der Waals surface area (Å²) in [5.41, 5.74) is 1.45. The van der Waals surface area contributed by atoms with E-state index in [2.05, 4.69) is 11.4 Å². The summed E-state index contributed by atoms with van der Waals surface area (Å²) in [6.45, 7) is 2.54. The Kier molecular flexibility index (Phi) is 7.57. The summed E-state index contributed by atoms with van der Waals surface area (Å²) in [6, 6.07) is 9.94. The van der Waals surface area contributed by atoms with Crippen LogP contribution in [0.1, 0.15) is 88.2 Å². The molecule has 8 nitrogen and oxygen atoms in total. The molecule has 4 fully saturated rings. The van der Waals surface area contributed by atoms with Gasteiger partial charge in [-0.05, 0) is 44.1 Å². The number of alkyl halides is 2. The van der Waals surface area contributed by atoms with Crippen molar-refractivity contribution in [3.63, 3.8) is 0 Å². The number of rotatable bonds is 6. The normalized spacial score (nSPS) is 29.8. The lowest BCUT2D eigenvalue weighted by molar-refractivity contribution is -0.127. The molecule has 1 amide bonds. The summed E-state index contributed by atoms with van der Waals surface area (Å²) in [7, 11) is -3.09. The van der Waals surface area contributed by atoms with Crippen molar-refractivity contribution in [2.45, 2.75) is 88.0 Å². The zero-order valence-electron chi connectivity index (χ0n) is 24.0. The standard InChI is InChI=1S/C31H38F2N4O4S/c1-20-18-31(32,33)11-10-21(20)29-35-26(24-8-4-5-9-25(24)37-14-16-42(39,40)17-15-37)27(41-29)22-6-2-3-7-23(22)28(38)36-30(19-34)12-13-30/h4-5,8-9,20-23H,2-3,6-7,10-18H2,1H3,(H,36,38)/t20-,21+,22-,23-/m1/s1. The summed E-state index contributed by atoms with van der Waals surface area (Å²) in [5, 5.41) is 12.6. The fourth-order valence-electron chi connectivity index (χ4n) is 7.07. The number of anilines is 1. The largest absolute Gasteiger partial charge is 0.444 e. The average Bonchev–Trinajstić information content (AvgIpc) is 3.60. The molecule has 0 unspecified atom stereocenters. The molecule has 1 aromatic carbocycles. The van der Waals surface area contributed by atoms with Crippen molar-refractivity contribution < 1.29 is 26.4 Å². The number of carbonyl (C=O) groups is 1. The number of oxazole rings is 1. The van der Waals surface area contributed by atoms with Crippen molar-refractivity contribution in [3.8, 4) is 17.3 Å². The lowest BCUT2D eigenvalue weighted by Crippen LogP contribution is -2.42. The maximum absolute atomic E-state index is 14.2. The monoisotopic (exact) mass is 600 g/mol. The van der Waals surface area contributed by atoms with Crippen LogP contribution >= 0.6 is 0 Å². The number of nitrogens with one attached hydrogen (secondary N) is 1. The second-order valence-electron chi connectivity index (χ2n) is 12.8. The Labute approximate surface area is 245 Å². The zero-order valence-corrected chi connectivity index (χ0v) is 24.8. The van der Waals surface area contributed by atoms with Gasteiger partial charge in [-0.3, -0.25) is 4.79 Å². The summed E-state index contributed by atoms with van der Waals surface area (Å²) in [4.78, 5) is 20.6. The topological polar surface area (TPSA) is 116 Å². The second kappa shape index (κ2) is 10.9. The van der Waals surface area contributed by atoms with E-state index in [1.165, 1.54) is 0 Å². The molecule has 1 saturated heterocycles. The maximum Gasteiger partial charge on any atom is 0.248 e. The van der Waals surface area contributed by atoms with Gasteiger partial charge in [0.05, 0.1) is 17.6 Å². The van der Waals surface area contributed by atoms with Gasteiger partial charge in [-0.25, -0.2) is 22.2 Å². The molecule has 0 bridgehead atoms. The number of nitriles is 1. The minimum atomic E-state index is -3.09. The van der Waals surface area contributed by atoms with Gasteiger partial charge in [-0.1, -0.05) is 38.0 Å². The Morgan fingerprint density at radius 2 is 1.81 bits per heavy atom. The Hall–Kier alpha value is -3.00. The highest BCUT2D eigenvalue weighted by Gasteiger charge is 2.48. The zero-order chi connectivity index (χ0) is 29.7. The van der Waals surface area contributed by atoms with Crippen LogP contribution < -0.4 is 10.2 Å². The SMILES string of the molecule is C[C@@H]1CC(F)(F)CC[C@@H]1c1nc(-c2ccccc2N2CCS(=O)(=O)CC2)c([C@@H]2CCCC[C@H]2C(=O)NC2(C#N)CC2)o1. The highest BCUT2D eigenvalue weighted by atomic mass is 32.2. The van der Waals surface area contributed by atoms with Crippen molar-refractivity contribution in [1.82, 2.24) is 10.3 Å². The lowest BCUT2D eigenvalue weighted by Gasteiger charge is -2.32. The van der Waals surface area contributed by atoms with E-state index in [1.54, 1.807) is 0 Å². The van der Waals surface area contributed by atoms with Crippen molar-refractivity contribution in [1.29, 1.82) is 5.26 Å². The van der Waals surface area contributed by atoms with E-state index in [0.29, 0.717) is 56.1 Å². The minimum Gasteiger partial charge on any atom is -0.444 e. The van der Waals surface area contributed by atoms with Crippen LogP contribution in [0.5, 0.6) is 0 Å². The molecule has 11 heteroatoms. The van der Waals surface area contributed by atoms with Gasteiger partial charge in [0, 0.05) is 54.9 Å². The molecule has 0 radical (unpaired) electrons. The van der Waals surface area contributed by atoms with E-state index < -0.39 is 27.2 Å². The first-order chi connectivity index (χ1) is 20.0. The number of hydrogen-bond acceptors (Lipinski definition) is 7. The van der Waals surface area contributed by atoms with Crippen LogP contribution in [-0.2, 0) is 14.6 Å². The van der Waals surface area contributed by atoms with E-state index in [1.807, 2.05) is 36.1 Å². The van der Waals surface area contributed by atoms with Crippen molar-refractivity contribution in [2.75, 3.05) is 29.5 Å². The predicted octanol–water partition coefficient (Wildman–Crippen LogP) is 5.56. The van der Waals surface area contributed by atoms with E-state index in [-0.39, 0.29) is 54.4 Å². The van der Waals surface area contributed by atoms with Crippen LogP contribution in [0.25, 0.3) is 11.3 Å². The number of hydrogen-bond donors (Lipinski definition) is 1. The Balaban J connectivity index is 1.41. The van der Waals surface area contributed by atoms with Crippen LogP contribution in [0.2, 0.25) is 0 Å². The smallest absolute Gasteiger partial charge is 0.248 e. The van der Waals surface area contributed by atoms with Crippen LogP contribution in [0.15, 0.2) is 28.7 Å². The van der Waals surface area contributed by atoms with Crippen molar-refractivity contribution >= 4 is 21.4 Å². The van der Waals surface area contributed by atoms with Gasteiger partial charge in [-0.2, -0.15) is 5.26 Å². The number of benzene rings is 1. The average molecular weight is 601 g/mol. The van der Waals surface area contributed by atoms with Gasteiger partial charge >= 0.3 is 0 Å². The third kappa shape index (κ3) is 5.79. The Morgan fingerprint density at radius 1 is 1.10 bits per heavy atom. The molecule has 226 valence electrons. The van der Waals surface area contributed by atoms with Crippen LogP contribution in [0, 0.1) is 23.2 Å². The summed E-state index contributed by atoms with van der Waals surface area (Å²) in [5.74, 6) is -2.98. The molecule has 4 aliphatic rings. The molecule has 1 aliphatic heterocycles. The van der Waals surface area contributed by atoms with Crippen LogP contribution in [0.4, 0.5) is 14.5 Å². The highest BCUT2D eigenvalue weighted by Crippen LogP contribution is 2.49. The predicted molar refractivity (Wildman–Crippen MR) is 154 cm³/mol. The number of nitrogens with zero attached hydrogens (tertiary/aromatic N) is 3. The number of carbonyl (C=O) groups excluding carboxylic acids is 1. The number of halogens is 2. The molecule has 42 heavy (non-hydrogen) atoms. The molecule has 1 aromatic heterocycles. The molecule has 3 aliphatic carbocycles. The van der Waals surface area contributed by atoms with Crippen molar-refractivity contribution in [2.24, 2.45) is 11.8 Å². The summed E-state index contributed by atoms with van der Waals surface area (Å²) >= 11 is 0. The van der Waals surface area contributed by atoms with Gasteiger partial charge in [0.2, 0.25) is 11.8 Å². The molecule has 0 spiro atoms. The molecular formula is C31H38F2N4O4S. The quantitative estimate of drug-likeness (QED) is 0.461. The third-order valence-electron chi connectivity index (χ3n) is 9.73. The number of amides is 1. The van der Waals surface area contributed by atoms with Gasteiger partial charge in [0.1, 0.15) is 17.0 Å². The molecule has 1 N–H and O–H groups in total. The van der Waals surface area contributed by atoms with E-state index in [4.69, 9.17) is 9.40 Å². The lowest BCUT2D eigenvalue weighted by atomic mass is 9.76. The number of para-hydroxylation sites is 1. The van der Waals surface area contributed by atoms with Crippen LogP contribution in [0.3, 0.4) is 0 Å². The van der Waals surface area contributed by atoms with Gasteiger partial charge in [0.25, 0.3) is 0 Å². The second-order valence-corrected chi connectivity index (χ2v) is 15.1. The number of aromatic nitrogens is 1. The first-order valence-electron chi connectivity index (χ1n) is 15.2. The Bertz CT molecular complexity index is 1480.